The molecular weight excluding hydrogens is 246 g/mol. The Morgan fingerprint density at radius 2 is 1.63 bits per heavy atom. The molecule has 19 heavy (non-hydrogen) atoms. The molecule has 0 aromatic carbocycles. The molecule has 0 aromatic rings. The second-order valence-corrected chi connectivity index (χ2v) is 5.25. The van der Waals surface area contributed by atoms with E-state index in [9.17, 15) is 9.59 Å². The zero-order valence-electron chi connectivity index (χ0n) is 12.8. The van der Waals surface area contributed by atoms with Crippen LogP contribution in [0.5, 0.6) is 0 Å². The molecule has 0 fully saturated rings. The minimum atomic E-state index is -1.03. The average molecular weight is 274 g/mol. The van der Waals surface area contributed by atoms with E-state index < -0.39 is 24.0 Å². The Morgan fingerprint density at radius 1 is 1.21 bits per heavy atom. The normalized spacial score (nSPS) is 13.5. The van der Waals surface area contributed by atoms with Gasteiger partial charge in [-0.2, -0.15) is 14.1 Å². The molecular formula is C13H28N3O3-. The molecule has 0 heterocycles. The summed E-state index contributed by atoms with van der Waals surface area (Å²) < 4.78 is 0. The summed E-state index contributed by atoms with van der Waals surface area (Å²) in [5.41, 5.74) is 5.66. The Kier molecular flexibility index (Phi) is 11.4. The summed E-state index contributed by atoms with van der Waals surface area (Å²) in [6, 6.07) is -1.51. The maximum Gasteiger partial charge on any atom is 0.326 e. The SMILES string of the molecule is CC(C)C[C@H](N)C(=O)N[C@H](C(=O)O)C(C)C.C[N-]C. The third kappa shape index (κ3) is 10.5. The van der Waals surface area contributed by atoms with Crippen molar-refractivity contribution in [3.63, 3.8) is 0 Å². The molecule has 0 aromatic heterocycles. The minimum Gasteiger partial charge on any atom is -0.668 e. The van der Waals surface area contributed by atoms with Crippen molar-refractivity contribution in [1.29, 1.82) is 0 Å². The monoisotopic (exact) mass is 274 g/mol. The number of hydrogen-bond acceptors (Lipinski definition) is 3. The Balaban J connectivity index is 0. The first-order valence-electron chi connectivity index (χ1n) is 6.43. The molecule has 0 aliphatic rings. The number of nitrogens with two attached hydrogens (primary N) is 1. The van der Waals surface area contributed by atoms with Gasteiger partial charge in [-0.05, 0) is 18.3 Å². The van der Waals surface area contributed by atoms with Crippen LogP contribution in [0.2, 0.25) is 0 Å². The Bertz CT molecular complexity index is 268. The van der Waals surface area contributed by atoms with Crippen LogP contribution in [0.4, 0.5) is 0 Å². The van der Waals surface area contributed by atoms with Crippen LogP contribution in [-0.2, 0) is 9.59 Å². The molecule has 0 aliphatic heterocycles. The van der Waals surface area contributed by atoms with E-state index in [4.69, 9.17) is 10.8 Å². The molecule has 0 radical (unpaired) electrons. The van der Waals surface area contributed by atoms with Gasteiger partial charge in [-0.25, -0.2) is 4.79 Å². The number of nitrogens with one attached hydrogen (secondary N) is 1. The predicted molar refractivity (Wildman–Crippen MR) is 77.0 cm³/mol. The molecule has 0 bridgehead atoms. The maximum absolute atomic E-state index is 11.6. The van der Waals surface area contributed by atoms with Crippen LogP contribution in [0.1, 0.15) is 34.1 Å². The van der Waals surface area contributed by atoms with Crippen LogP contribution in [0.3, 0.4) is 0 Å². The number of carbonyl (C=O) groups is 2. The molecule has 2 atom stereocenters. The largest absolute Gasteiger partial charge is 0.668 e. The molecule has 0 saturated carbocycles. The molecule has 114 valence electrons. The van der Waals surface area contributed by atoms with Crippen molar-refractivity contribution < 1.29 is 14.7 Å². The van der Waals surface area contributed by atoms with Gasteiger partial charge in [-0.3, -0.25) is 4.79 Å². The van der Waals surface area contributed by atoms with Gasteiger partial charge < -0.3 is 21.5 Å². The lowest BCUT2D eigenvalue weighted by atomic mass is 10.0. The zero-order chi connectivity index (χ0) is 15.6. The fraction of sp³-hybridized carbons (Fsp3) is 0.846. The van der Waals surface area contributed by atoms with Crippen molar-refractivity contribution in [3.05, 3.63) is 5.32 Å². The zero-order valence-corrected chi connectivity index (χ0v) is 12.8. The van der Waals surface area contributed by atoms with E-state index in [2.05, 4.69) is 10.6 Å². The summed E-state index contributed by atoms with van der Waals surface area (Å²) in [6.07, 6.45) is 0.552. The van der Waals surface area contributed by atoms with Crippen molar-refractivity contribution in [3.8, 4) is 0 Å². The van der Waals surface area contributed by atoms with E-state index in [-0.39, 0.29) is 5.92 Å². The fourth-order valence-electron chi connectivity index (χ4n) is 1.39. The highest BCUT2D eigenvalue weighted by molar-refractivity contribution is 5.86. The fourth-order valence-corrected chi connectivity index (χ4v) is 1.39. The van der Waals surface area contributed by atoms with Crippen LogP contribution < -0.4 is 11.1 Å². The number of carboxylic acids is 1. The van der Waals surface area contributed by atoms with Crippen LogP contribution >= 0.6 is 0 Å². The summed E-state index contributed by atoms with van der Waals surface area (Å²) in [5.74, 6) is -1.27. The standard InChI is InChI=1S/C11H22N2O3.C2H6N/c1-6(2)5-8(12)10(14)13-9(7(3)4)11(15)16;1-3-2/h6-9H,5,12H2,1-4H3,(H,13,14)(H,15,16);1-2H3/q;-1/t8-,9-;/m0./s1. The van der Waals surface area contributed by atoms with Crippen molar-refractivity contribution in [2.75, 3.05) is 14.1 Å². The van der Waals surface area contributed by atoms with Gasteiger partial charge in [0.1, 0.15) is 6.04 Å². The van der Waals surface area contributed by atoms with Gasteiger partial charge in [0.2, 0.25) is 5.91 Å². The molecule has 4 N–H and O–H groups in total. The Hall–Kier alpha value is -1.14. The molecule has 1 amide bonds. The summed E-state index contributed by atoms with van der Waals surface area (Å²) in [6.45, 7) is 7.41. The van der Waals surface area contributed by atoms with Gasteiger partial charge in [0.15, 0.2) is 0 Å². The molecule has 0 spiro atoms. The number of nitrogens with zero attached hydrogens (tertiary/aromatic N) is 1. The number of aliphatic carboxylic acids is 1. The first-order valence-corrected chi connectivity index (χ1v) is 6.43. The number of carbonyl (C=O) groups excluding carboxylic acids is 1. The summed E-state index contributed by atoms with van der Waals surface area (Å²) in [7, 11) is 3.50. The van der Waals surface area contributed by atoms with Gasteiger partial charge >= 0.3 is 5.97 Å². The lowest BCUT2D eigenvalue weighted by Gasteiger charge is -2.21. The van der Waals surface area contributed by atoms with Gasteiger partial charge in [-0.15, -0.1) is 0 Å². The van der Waals surface area contributed by atoms with E-state index in [1.807, 2.05) is 13.8 Å². The Morgan fingerprint density at radius 3 is 1.89 bits per heavy atom. The molecule has 0 unspecified atom stereocenters. The molecule has 6 nitrogen and oxygen atoms in total. The second kappa shape index (κ2) is 10.8. The van der Waals surface area contributed by atoms with Crippen molar-refractivity contribution in [2.45, 2.75) is 46.2 Å². The maximum atomic E-state index is 11.6. The predicted octanol–water partition coefficient (Wildman–Crippen LogP) is 1.20. The molecule has 6 heteroatoms. The summed E-state index contributed by atoms with van der Waals surface area (Å²) in [4.78, 5) is 22.5. The van der Waals surface area contributed by atoms with Crippen molar-refractivity contribution in [1.82, 2.24) is 5.32 Å². The number of rotatable bonds is 6. The Labute approximate surface area is 116 Å². The molecule has 0 aliphatic carbocycles. The average Bonchev–Trinajstić information content (AvgIpc) is 2.24. The van der Waals surface area contributed by atoms with E-state index in [1.165, 1.54) is 0 Å². The smallest absolute Gasteiger partial charge is 0.326 e. The quantitative estimate of drug-likeness (QED) is 0.676. The van der Waals surface area contributed by atoms with E-state index >= 15 is 0 Å². The highest BCUT2D eigenvalue weighted by Crippen LogP contribution is 2.05. The first kappa shape index (κ1) is 20.2. The highest BCUT2D eigenvalue weighted by Gasteiger charge is 2.25. The summed E-state index contributed by atoms with van der Waals surface area (Å²) >= 11 is 0. The van der Waals surface area contributed by atoms with Gasteiger partial charge in [0.25, 0.3) is 0 Å². The van der Waals surface area contributed by atoms with Crippen LogP contribution in [0.25, 0.3) is 5.32 Å². The van der Waals surface area contributed by atoms with E-state index in [1.54, 1.807) is 27.9 Å². The lowest BCUT2D eigenvalue weighted by molar-refractivity contribution is -0.143. The molecule has 0 rings (SSSR count). The topological polar surface area (TPSA) is 107 Å². The second-order valence-electron chi connectivity index (χ2n) is 5.25. The lowest BCUT2D eigenvalue weighted by Crippen LogP contribution is -2.50. The third-order valence-electron chi connectivity index (χ3n) is 2.29. The van der Waals surface area contributed by atoms with Crippen molar-refractivity contribution in [2.24, 2.45) is 17.6 Å². The third-order valence-corrected chi connectivity index (χ3v) is 2.29. The van der Waals surface area contributed by atoms with Gasteiger partial charge in [0, 0.05) is 0 Å². The van der Waals surface area contributed by atoms with Crippen molar-refractivity contribution >= 4 is 11.9 Å². The first-order chi connectivity index (χ1) is 8.67. The van der Waals surface area contributed by atoms with Crippen LogP contribution in [0, 0.1) is 11.8 Å². The van der Waals surface area contributed by atoms with E-state index in [0.717, 1.165) is 0 Å². The number of amides is 1. The molecule has 0 saturated heterocycles. The van der Waals surface area contributed by atoms with Gasteiger partial charge in [-0.1, -0.05) is 27.7 Å². The number of hydrogen-bond donors (Lipinski definition) is 3. The minimum absolute atomic E-state index is 0.160. The summed E-state index contributed by atoms with van der Waals surface area (Å²) in [5, 5.41) is 14.9. The highest BCUT2D eigenvalue weighted by atomic mass is 16.4. The van der Waals surface area contributed by atoms with Crippen LogP contribution in [-0.4, -0.2) is 43.2 Å². The van der Waals surface area contributed by atoms with Gasteiger partial charge in [0.05, 0.1) is 6.04 Å². The van der Waals surface area contributed by atoms with E-state index in [0.29, 0.717) is 12.3 Å². The number of carboxylic acid groups (broad SMARTS) is 1. The van der Waals surface area contributed by atoms with Crippen LogP contribution in [0.15, 0.2) is 0 Å².